The molecule has 0 spiro atoms. The molecule has 2 aromatic rings. The Labute approximate surface area is 151 Å². The van der Waals surface area contributed by atoms with Gasteiger partial charge < -0.3 is 9.80 Å². The van der Waals surface area contributed by atoms with Gasteiger partial charge in [-0.1, -0.05) is 38.4 Å². The van der Waals surface area contributed by atoms with Gasteiger partial charge in [0.15, 0.2) is 5.78 Å². The first kappa shape index (κ1) is 17.5. The van der Waals surface area contributed by atoms with E-state index in [0.717, 1.165) is 29.0 Å². The van der Waals surface area contributed by atoms with E-state index >= 15 is 0 Å². The molecule has 0 atom stereocenters. The van der Waals surface area contributed by atoms with Gasteiger partial charge in [0.1, 0.15) is 0 Å². The predicted octanol–water partition coefficient (Wildman–Crippen LogP) is 2.74. The number of fused-ring (bicyclic) bond motifs is 2. The van der Waals surface area contributed by atoms with Crippen molar-refractivity contribution in [3.8, 4) is 0 Å². The van der Waals surface area contributed by atoms with Crippen molar-refractivity contribution in [2.45, 2.75) is 13.1 Å². The maximum atomic E-state index is 13.1. The van der Waals surface area contributed by atoms with E-state index in [1.807, 2.05) is 44.4 Å². The van der Waals surface area contributed by atoms with Crippen molar-refractivity contribution in [1.82, 2.24) is 0 Å². The fourth-order valence-corrected chi connectivity index (χ4v) is 6.65. The van der Waals surface area contributed by atoms with E-state index in [9.17, 15) is 4.79 Å². The van der Waals surface area contributed by atoms with Crippen LogP contribution in [0.15, 0.2) is 49.1 Å². The zero-order valence-electron chi connectivity index (χ0n) is 15.8. The topological polar surface area (TPSA) is 23.6 Å². The molecule has 1 aliphatic rings. The molecule has 0 aromatic heterocycles. The van der Waals surface area contributed by atoms with Gasteiger partial charge in [0.2, 0.25) is 0 Å². The van der Waals surface area contributed by atoms with Crippen LogP contribution in [0, 0.1) is 0 Å². The van der Waals surface area contributed by atoms with Crippen LogP contribution < -0.4 is 20.2 Å². The Morgan fingerprint density at radius 2 is 1.48 bits per heavy atom. The van der Waals surface area contributed by atoms with Gasteiger partial charge in [0.05, 0.1) is 0 Å². The molecule has 3 nitrogen and oxygen atoms in total. The summed E-state index contributed by atoms with van der Waals surface area (Å²) in [5, 5.41) is 2.47. The van der Waals surface area contributed by atoms with Gasteiger partial charge in [-0.2, -0.15) is 23.5 Å². The molecule has 25 heavy (non-hydrogen) atoms. The second-order valence-electron chi connectivity index (χ2n) is 7.48. The van der Waals surface area contributed by atoms with Crippen molar-refractivity contribution < 1.29 is 4.79 Å². The smallest absolute Gasteiger partial charge is 0.187 e. The summed E-state index contributed by atoms with van der Waals surface area (Å²) in [4.78, 5) is 17.3. The molecule has 0 bridgehead atoms. The predicted molar refractivity (Wildman–Crippen MR) is 111 cm³/mol. The van der Waals surface area contributed by atoms with Crippen LogP contribution in [0.25, 0.3) is 0 Å². The largest absolute Gasteiger partial charge is 0.378 e. The van der Waals surface area contributed by atoms with Gasteiger partial charge in [-0.05, 0) is 23.3 Å². The molecule has 2 aromatic carbocycles. The van der Waals surface area contributed by atoms with Crippen LogP contribution in [0.4, 0.5) is 11.4 Å². The minimum absolute atomic E-state index is 0.153. The van der Waals surface area contributed by atoms with Crippen molar-refractivity contribution >= 4 is 35.6 Å². The van der Waals surface area contributed by atoms with Crippen LogP contribution in [0.5, 0.6) is 0 Å². The summed E-state index contributed by atoms with van der Waals surface area (Å²) in [6, 6.07) is 12.5. The quantitative estimate of drug-likeness (QED) is 0.626. The maximum absolute atomic E-state index is 13.1. The number of likely N-dealkylation sites (N-methyl/N-ethyl adjacent to an activating group) is 1. The minimum Gasteiger partial charge on any atom is -0.378 e. The Bertz CT molecular complexity index is 855. The molecule has 0 saturated carbocycles. The van der Waals surface area contributed by atoms with Gasteiger partial charge in [-0.15, -0.1) is 6.58 Å². The minimum atomic E-state index is -1.95. The molecule has 0 amide bonds. The standard InChI is InChI=1S/C21H26N2OSi/c1-7-12-23(4)16-9-11-18-20(14-16)25(5,6)19-13-15(22(2)3)8-10-17(19)21(18)24/h7-11,13-14H,1,12H2,2-6H3/q-1. The van der Waals surface area contributed by atoms with Crippen molar-refractivity contribution in [3.63, 3.8) is 0 Å². The van der Waals surface area contributed by atoms with Gasteiger partial charge in [0.25, 0.3) is 0 Å². The zero-order chi connectivity index (χ0) is 18.4. The second kappa shape index (κ2) is 6.19. The first-order valence-corrected chi connectivity index (χ1v) is 11.6. The number of ketones is 1. The summed E-state index contributed by atoms with van der Waals surface area (Å²) in [6.45, 7) is 9.29. The summed E-state index contributed by atoms with van der Waals surface area (Å²) in [5.41, 5.74) is 4.04. The summed E-state index contributed by atoms with van der Waals surface area (Å²) < 4.78 is 0. The second-order valence-corrected chi connectivity index (χ2v) is 11.8. The van der Waals surface area contributed by atoms with Crippen LogP contribution in [-0.2, 0) is 0 Å². The number of anilines is 2. The molecule has 1 aliphatic heterocycles. The lowest BCUT2D eigenvalue weighted by Gasteiger charge is -2.44. The van der Waals surface area contributed by atoms with Crippen LogP contribution in [0.3, 0.4) is 0 Å². The van der Waals surface area contributed by atoms with Gasteiger partial charge in [-0.25, -0.2) is 0 Å². The Kier molecular flexibility index (Phi) is 4.33. The maximum Gasteiger partial charge on any atom is 0.187 e. The highest BCUT2D eigenvalue weighted by Crippen LogP contribution is 2.25. The third-order valence-electron chi connectivity index (χ3n) is 5.20. The third-order valence-corrected chi connectivity index (χ3v) is 8.72. The number of benzene rings is 2. The molecule has 0 N–H and O–H groups in total. The number of carbonyl (C=O) groups excluding carboxylic acids is 1. The Morgan fingerprint density at radius 1 is 0.960 bits per heavy atom. The van der Waals surface area contributed by atoms with Crippen LogP contribution in [-0.4, -0.2) is 41.5 Å². The molecule has 3 rings (SSSR count). The first-order chi connectivity index (χ1) is 11.8. The molecule has 0 saturated heterocycles. The lowest BCUT2D eigenvalue weighted by atomic mass is 10.0. The lowest BCUT2D eigenvalue weighted by Crippen LogP contribution is -2.60. The average molecular weight is 351 g/mol. The molecule has 0 radical (unpaired) electrons. The summed E-state index contributed by atoms with van der Waals surface area (Å²) >= 11 is 0. The SMILES string of the molecule is C=CCN(C)c1ccc2c(c1)[Si-](C)(C)c1cc(N(C)C)ccc1C2=O. The Morgan fingerprint density at radius 3 is 2.00 bits per heavy atom. The van der Waals surface area contributed by atoms with Gasteiger partial charge in [-0.3, -0.25) is 4.79 Å². The van der Waals surface area contributed by atoms with Crippen LogP contribution in [0.1, 0.15) is 15.9 Å². The van der Waals surface area contributed by atoms with Crippen molar-refractivity contribution in [1.29, 1.82) is 0 Å². The molecule has 4 heteroatoms. The fraction of sp³-hybridized carbons (Fsp3) is 0.286. The van der Waals surface area contributed by atoms with Crippen molar-refractivity contribution in [2.24, 2.45) is 0 Å². The molecule has 131 valence electrons. The van der Waals surface area contributed by atoms with Crippen LogP contribution >= 0.6 is 0 Å². The van der Waals surface area contributed by atoms with Gasteiger partial charge >= 0.3 is 0 Å². The third kappa shape index (κ3) is 2.80. The number of hydrogen-bond acceptors (Lipinski definition) is 3. The lowest BCUT2D eigenvalue weighted by molar-refractivity contribution is 0.104. The van der Waals surface area contributed by atoms with E-state index in [4.69, 9.17) is 0 Å². The van der Waals surface area contributed by atoms with E-state index in [0.29, 0.717) is 0 Å². The number of carbonyl (C=O) groups is 1. The fourth-order valence-electron chi connectivity index (χ4n) is 3.60. The Hall–Kier alpha value is -2.33. The highest BCUT2D eigenvalue weighted by molar-refractivity contribution is 7.02. The average Bonchev–Trinajstić information content (AvgIpc) is 2.59. The Balaban J connectivity index is 2.18. The summed E-state index contributed by atoms with van der Waals surface area (Å²) in [6.07, 6.45) is 1.89. The van der Waals surface area contributed by atoms with E-state index < -0.39 is 8.07 Å². The monoisotopic (exact) mass is 350 g/mol. The molecule has 0 unspecified atom stereocenters. The van der Waals surface area contributed by atoms with Gasteiger partial charge in [0, 0.05) is 39.1 Å². The molecular weight excluding hydrogens is 324 g/mol. The highest BCUT2D eigenvalue weighted by atomic mass is 28.3. The van der Waals surface area contributed by atoms with Crippen LogP contribution in [0.2, 0.25) is 13.1 Å². The van der Waals surface area contributed by atoms with E-state index in [1.165, 1.54) is 10.4 Å². The normalized spacial score (nSPS) is 14.5. The van der Waals surface area contributed by atoms with Crippen molar-refractivity contribution in [2.75, 3.05) is 37.5 Å². The summed E-state index contributed by atoms with van der Waals surface area (Å²) in [7, 11) is 4.18. The molecule has 0 aliphatic carbocycles. The molecular formula is C21H26N2OSi-. The summed E-state index contributed by atoms with van der Waals surface area (Å²) in [5.74, 6) is 0.153. The van der Waals surface area contributed by atoms with E-state index in [-0.39, 0.29) is 5.78 Å². The first-order valence-electron chi connectivity index (χ1n) is 8.60. The zero-order valence-corrected chi connectivity index (χ0v) is 16.8. The molecule has 0 fully saturated rings. The van der Waals surface area contributed by atoms with Crippen molar-refractivity contribution in [3.05, 3.63) is 60.2 Å². The highest BCUT2D eigenvalue weighted by Gasteiger charge is 2.29. The number of rotatable bonds is 4. The van der Waals surface area contributed by atoms with E-state index in [1.54, 1.807) is 0 Å². The number of nitrogens with zero attached hydrogens (tertiary/aromatic N) is 2. The number of hydrogen-bond donors (Lipinski definition) is 0. The molecule has 1 heterocycles. The van der Waals surface area contributed by atoms with E-state index in [2.05, 4.69) is 48.7 Å².